The molecule has 0 unspecified atom stereocenters. The number of benzene rings is 1. The largest absolute Gasteiger partial charge is 0.508 e. The molecule has 1 saturated carbocycles. The summed E-state index contributed by atoms with van der Waals surface area (Å²) in [4.78, 5) is 0. The summed E-state index contributed by atoms with van der Waals surface area (Å²) < 4.78 is 0. The molecular weight excluding hydrogens is 196 g/mol. The first-order valence-electron chi connectivity index (χ1n) is 5.18. The molecule has 1 aromatic carbocycles. The van der Waals surface area contributed by atoms with E-state index in [1.165, 1.54) is 18.4 Å². The van der Waals surface area contributed by atoms with Gasteiger partial charge in [0, 0.05) is 5.38 Å². The fourth-order valence-corrected chi connectivity index (χ4v) is 2.38. The molecule has 2 heteroatoms. The van der Waals surface area contributed by atoms with Gasteiger partial charge in [0.25, 0.3) is 0 Å². The zero-order valence-corrected chi connectivity index (χ0v) is 8.87. The number of halogens is 1. The van der Waals surface area contributed by atoms with E-state index in [0.29, 0.717) is 17.0 Å². The zero-order valence-electron chi connectivity index (χ0n) is 8.12. The maximum absolute atomic E-state index is 9.18. The van der Waals surface area contributed by atoms with Crippen molar-refractivity contribution in [2.75, 3.05) is 0 Å². The summed E-state index contributed by atoms with van der Waals surface area (Å²) >= 11 is 6.05. The molecule has 1 nitrogen and oxygen atoms in total. The minimum Gasteiger partial charge on any atom is -0.508 e. The Labute approximate surface area is 89.7 Å². The molecule has 1 N–H and O–H groups in total. The van der Waals surface area contributed by atoms with Crippen molar-refractivity contribution in [3.05, 3.63) is 29.8 Å². The van der Waals surface area contributed by atoms with E-state index in [0.717, 1.165) is 12.8 Å². The highest BCUT2D eigenvalue weighted by atomic mass is 35.5. The van der Waals surface area contributed by atoms with Gasteiger partial charge in [0.1, 0.15) is 5.75 Å². The van der Waals surface area contributed by atoms with E-state index >= 15 is 0 Å². The predicted molar refractivity (Wildman–Crippen MR) is 59.0 cm³/mol. The Balaban J connectivity index is 2.05. The number of phenolic OH excluding ortho intramolecular Hbond substituents is 1. The molecule has 0 atom stereocenters. The van der Waals surface area contributed by atoms with E-state index in [9.17, 15) is 5.11 Å². The highest BCUT2D eigenvalue weighted by Crippen LogP contribution is 2.35. The quantitative estimate of drug-likeness (QED) is 0.702. The van der Waals surface area contributed by atoms with E-state index in [1.54, 1.807) is 12.1 Å². The van der Waals surface area contributed by atoms with Crippen LogP contribution in [0.15, 0.2) is 24.3 Å². The molecule has 0 spiro atoms. The molecule has 0 aromatic heterocycles. The zero-order chi connectivity index (χ0) is 9.97. The Bertz CT molecular complexity index is 286. The lowest BCUT2D eigenvalue weighted by Crippen LogP contribution is -2.12. The summed E-state index contributed by atoms with van der Waals surface area (Å²) in [5.41, 5.74) is 1.34. The second kappa shape index (κ2) is 4.22. The topological polar surface area (TPSA) is 20.2 Å². The molecule has 1 fully saturated rings. The Kier molecular flexibility index (Phi) is 2.97. The summed E-state index contributed by atoms with van der Waals surface area (Å²) in [6, 6.07) is 7.58. The second-order valence-electron chi connectivity index (χ2n) is 4.04. The molecule has 1 aromatic rings. The van der Waals surface area contributed by atoms with Gasteiger partial charge >= 0.3 is 0 Å². The molecule has 14 heavy (non-hydrogen) atoms. The van der Waals surface area contributed by atoms with Crippen molar-refractivity contribution >= 4 is 11.6 Å². The highest BCUT2D eigenvalue weighted by molar-refractivity contribution is 6.20. The third-order valence-corrected chi connectivity index (χ3v) is 3.46. The maximum atomic E-state index is 9.18. The summed E-state index contributed by atoms with van der Waals surface area (Å²) in [7, 11) is 0. The van der Waals surface area contributed by atoms with Crippen LogP contribution in [0.2, 0.25) is 0 Å². The normalized spacial score (nSPS) is 27.5. The van der Waals surface area contributed by atoms with Gasteiger partial charge in [0.05, 0.1) is 0 Å². The smallest absolute Gasteiger partial charge is 0.115 e. The fraction of sp³-hybridized carbons (Fsp3) is 0.500. The average Bonchev–Trinajstić information content (AvgIpc) is 2.21. The lowest BCUT2D eigenvalue weighted by atomic mass is 9.84. The van der Waals surface area contributed by atoms with Crippen LogP contribution >= 0.6 is 11.6 Å². The van der Waals surface area contributed by atoms with Gasteiger partial charge in [-0.2, -0.15) is 0 Å². The van der Waals surface area contributed by atoms with Crippen LogP contribution in [0, 0.1) is 0 Å². The Hall–Kier alpha value is -0.690. The van der Waals surface area contributed by atoms with Gasteiger partial charge in [-0.25, -0.2) is 0 Å². The molecule has 1 aliphatic rings. The van der Waals surface area contributed by atoms with Crippen molar-refractivity contribution in [3.63, 3.8) is 0 Å². The number of alkyl halides is 1. The van der Waals surface area contributed by atoms with Gasteiger partial charge in [-0.15, -0.1) is 11.6 Å². The maximum Gasteiger partial charge on any atom is 0.115 e. The molecule has 0 aliphatic heterocycles. The van der Waals surface area contributed by atoms with Gasteiger partial charge in [-0.05, 0) is 49.3 Å². The minimum absolute atomic E-state index is 0.347. The van der Waals surface area contributed by atoms with Gasteiger partial charge in [0.15, 0.2) is 0 Å². The van der Waals surface area contributed by atoms with Crippen molar-refractivity contribution in [2.24, 2.45) is 0 Å². The lowest BCUT2D eigenvalue weighted by molar-refractivity contribution is 0.447. The molecule has 0 saturated heterocycles. The van der Waals surface area contributed by atoms with Crippen LogP contribution in [0.5, 0.6) is 5.75 Å². The standard InChI is InChI=1S/C12H15ClO/c13-11-5-1-9(2-6-11)10-3-7-12(14)8-4-10/h3-4,7-9,11,14H,1-2,5-6H2. The van der Waals surface area contributed by atoms with Crippen molar-refractivity contribution in [2.45, 2.75) is 37.0 Å². The third kappa shape index (κ3) is 2.21. The molecule has 0 bridgehead atoms. The van der Waals surface area contributed by atoms with Gasteiger partial charge < -0.3 is 5.11 Å². The van der Waals surface area contributed by atoms with Crippen LogP contribution in [0.25, 0.3) is 0 Å². The summed E-state index contributed by atoms with van der Waals surface area (Å²) in [6.45, 7) is 0. The molecular formula is C12H15ClO. The molecule has 0 heterocycles. The van der Waals surface area contributed by atoms with E-state index in [1.807, 2.05) is 12.1 Å². The van der Waals surface area contributed by atoms with Crippen LogP contribution in [0.1, 0.15) is 37.2 Å². The minimum atomic E-state index is 0.347. The van der Waals surface area contributed by atoms with Gasteiger partial charge in [0.2, 0.25) is 0 Å². The Morgan fingerprint density at radius 3 is 2.14 bits per heavy atom. The summed E-state index contributed by atoms with van der Waals surface area (Å²) in [5.74, 6) is 0.991. The Morgan fingerprint density at radius 2 is 1.57 bits per heavy atom. The first kappa shape index (κ1) is 9.85. The van der Waals surface area contributed by atoms with Gasteiger partial charge in [-0.1, -0.05) is 12.1 Å². The van der Waals surface area contributed by atoms with Crippen LogP contribution in [0.4, 0.5) is 0 Å². The van der Waals surface area contributed by atoms with E-state index in [2.05, 4.69) is 0 Å². The first-order valence-corrected chi connectivity index (χ1v) is 5.62. The average molecular weight is 211 g/mol. The highest BCUT2D eigenvalue weighted by Gasteiger charge is 2.20. The van der Waals surface area contributed by atoms with Crippen molar-refractivity contribution in [1.29, 1.82) is 0 Å². The van der Waals surface area contributed by atoms with Crippen LogP contribution < -0.4 is 0 Å². The lowest BCUT2D eigenvalue weighted by Gasteiger charge is -2.25. The number of hydrogen-bond acceptors (Lipinski definition) is 1. The first-order chi connectivity index (χ1) is 6.75. The number of phenols is 1. The van der Waals surface area contributed by atoms with Crippen molar-refractivity contribution in [1.82, 2.24) is 0 Å². The van der Waals surface area contributed by atoms with Crippen LogP contribution in [-0.2, 0) is 0 Å². The monoisotopic (exact) mass is 210 g/mol. The molecule has 0 radical (unpaired) electrons. The van der Waals surface area contributed by atoms with Crippen LogP contribution in [0.3, 0.4) is 0 Å². The summed E-state index contributed by atoms with van der Waals surface area (Å²) in [5, 5.41) is 9.55. The van der Waals surface area contributed by atoms with E-state index < -0.39 is 0 Å². The number of rotatable bonds is 1. The molecule has 0 amide bonds. The fourth-order valence-electron chi connectivity index (χ4n) is 2.13. The van der Waals surface area contributed by atoms with E-state index in [-0.39, 0.29) is 0 Å². The second-order valence-corrected chi connectivity index (χ2v) is 4.66. The van der Waals surface area contributed by atoms with Crippen molar-refractivity contribution in [3.8, 4) is 5.75 Å². The third-order valence-electron chi connectivity index (χ3n) is 3.02. The Morgan fingerprint density at radius 1 is 1.00 bits per heavy atom. The van der Waals surface area contributed by atoms with E-state index in [4.69, 9.17) is 11.6 Å². The molecule has 76 valence electrons. The summed E-state index contributed by atoms with van der Waals surface area (Å²) in [6.07, 6.45) is 4.60. The SMILES string of the molecule is Oc1ccc(C2CCC(Cl)CC2)cc1. The van der Waals surface area contributed by atoms with Crippen molar-refractivity contribution < 1.29 is 5.11 Å². The number of aromatic hydroxyl groups is 1. The van der Waals surface area contributed by atoms with Gasteiger partial charge in [-0.3, -0.25) is 0 Å². The predicted octanol–water partition coefficient (Wildman–Crippen LogP) is 3.66. The number of hydrogen-bond donors (Lipinski definition) is 1. The molecule has 1 aliphatic carbocycles. The van der Waals surface area contributed by atoms with Crippen LogP contribution in [-0.4, -0.2) is 10.5 Å². The molecule has 2 rings (SSSR count).